The highest BCUT2D eigenvalue weighted by molar-refractivity contribution is 6.04. The van der Waals surface area contributed by atoms with E-state index in [4.69, 9.17) is 14.2 Å². The van der Waals surface area contributed by atoms with Gasteiger partial charge in [0.15, 0.2) is 6.73 Å². The standard InChI is InChI=1S/C22H22N2O4/c1-26-19-11-5-17(6-12-19)23-15-28-21-9-3-16(4-10-21)22(25)24-18-7-13-20(27-2)14-8-18/h3-14,23H,15H2,1-2H3,(H,24,25). The van der Waals surface area contributed by atoms with Gasteiger partial charge in [-0.1, -0.05) is 0 Å². The quantitative estimate of drug-likeness (QED) is 0.569. The molecule has 0 radical (unpaired) electrons. The first kappa shape index (κ1) is 19.1. The number of rotatable bonds is 8. The van der Waals surface area contributed by atoms with Crippen LogP contribution in [0.2, 0.25) is 0 Å². The van der Waals surface area contributed by atoms with Gasteiger partial charge in [0.2, 0.25) is 0 Å². The average Bonchev–Trinajstić information content (AvgIpc) is 2.75. The molecule has 0 aromatic heterocycles. The fourth-order valence-corrected chi connectivity index (χ4v) is 2.49. The summed E-state index contributed by atoms with van der Waals surface area (Å²) in [5, 5.41) is 6.00. The first-order chi connectivity index (χ1) is 13.7. The molecule has 0 saturated heterocycles. The lowest BCUT2D eigenvalue weighted by Gasteiger charge is -2.10. The van der Waals surface area contributed by atoms with Crippen LogP contribution in [0.1, 0.15) is 10.4 Å². The molecular weight excluding hydrogens is 356 g/mol. The highest BCUT2D eigenvalue weighted by atomic mass is 16.5. The van der Waals surface area contributed by atoms with Gasteiger partial charge in [-0.3, -0.25) is 4.79 Å². The lowest BCUT2D eigenvalue weighted by molar-refractivity contribution is 0.102. The van der Waals surface area contributed by atoms with Crippen molar-refractivity contribution in [1.82, 2.24) is 0 Å². The minimum Gasteiger partial charge on any atom is -0.497 e. The summed E-state index contributed by atoms with van der Waals surface area (Å²) in [6, 6.07) is 21.7. The number of ether oxygens (including phenoxy) is 3. The Kier molecular flexibility index (Phi) is 6.36. The van der Waals surface area contributed by atoms with Crippen molar-refractivity contribution in [2.24, 2.45) is 0 Å². The normalized spacial score (nSPS) is 10.1. The van der Waals surface area contributed by atoms with Crippen molar-refractivity contribution >= 4 is 17.3 Å². The Labute approximate surface area is 164 Å². The minimum atomic E-state index is -0.187. The van der Waals surface area contributed by atoms with E-state index in [-0.39, 0.29) is 5.91 Å². The topological polar surface area (TPSA) is 68.8 Å². The number of hydrogen-bond acceptors (Lipinski definition) is 5. The number of amides is 1. The third-order valence-electron chi connectivity index (χ3n) is 4.07. The predicted molar refractivity (Wildman–Crippen MR) is 110 cm³/mol. The van der Waals surface area contributed by atoms with E-state index >= 15 is 0 Å². The van der Waals surface area contributed by atoms with Gasteiger partial charge < -0.3 is 24.8 Å². The SMILES string of the molecule is COc1ccc(NCOc2ccc(C(=O)Nc3ccc(OC)cc3)cc2)cc1. The Balaban J connectivity index is 1.49. The third kappa shape index (κ3) is 5.17. The molecule has 6 nitrogen and oxygen atoms in total. The minimum absolute atomic E-state index is 0.187. The number of benzene rings is 3. The van der Waals surface area contributed by atoms with E-state index in [1.54, 1.807) is 62.8 Å². The van der Waals surface area contributed by atoms with Gasteiger partial charge in [0, 0.05) is 16.9 Å². The molecule has 0 atom stereocenters. The van der Waals surface area contributed by atoms with E-state index in [1.807, 2.05) is 24.3 Å². The zero-order valence-electron chi connectivity index (χ0n) is 15.8. The maximum absolute atomic E-state index is 12.3. The van der Waals surface area contributed by atoms with Crippen molar-refractivity contribution in [3.05, 3.63) is 78.4 Å². The van der Waals surface area contributed by atoms with Gasteiger partial charge in [-0.05, 0) is 72.8 Å². The summed E-state index contributed by atoms with van der Waals surface area (Å²) < 4.78 is 15.9. The maximum Gasteiger partial charge on any atom is 0.255 e. The van der Waals surface area contributed by atoms with Crippen molar-refractivity contribution < 1.29 is 19.0 Å². The summed E-state index contributed by atoms with van der Waals surface area (Å²) in [5.41, 5.74) is 2.18. The number of methoxy groups -OCH3 is 2. The summed E-state index contributed by atoms with van der Waals surface area (Å²) in [5.74, 6) is 2.02. The first-order valence-electron chi connectivity index (χ1n) is 8.74. The predicted octanol–water partition coefficient (Wildman–Crippen LogP) is 4.40. The molecule has 6 heteroatoms. The number of carbonyl (C=O) groups excluding carboxylic acids is 1. The molecule has 28 heavy (non-hydrogen) atoms. The Morgan fingerprint density at radius 2 is 1.21 bits per heavy atom. The fourth-order valence-electron chi connectivity index (χ4n) is 2.49. The van der Waals surface area contributed by atoms with E-state index in [9.17, 15) is 4.79 Å². The first-order valence-corrected chi connectivity index (χ1v) is 8.74. The average molecular weight is 378 g/mol. The Morgan fingerprint density at radius 3 is 1.75 bits per heavy atom. The molecule has 0 saturated carbocycles. The number of nitrogens with one attached hydrogen (secondary N) is 2. The van der Waals surface area contributed by atoms with Gasteiger partial charge in [-0.2, -0.15) is 0 Å². The maximum atomic E-state index is 12.3. The zero-order chi connectivity index (χ0) is 19.8. The molecular formula is C22H22N2O4. The van der Waals surface area contributed by atoms with Crippen LogP contribution in [0.15, 0.2) is 72.8 Å². The molecule has 1 amide bonds. The molecule has 2 N–H and O–H groups in total. The van der Waals surface area contributed by atoms with Gasteiger partial charge in [0.05, 0.1) is 14.2 Å². The number of anilines is 2. The smallest absolute Gasteiger partial charge is 0.255 e. The van der Waals surface area contributed by atoms with E-state index in [1.165, 1.54) is 0 Å². The molecule has 3 aromatic carbocycles. The van der Waals surface area contributed by atoms with Crippen LogP contribution in [-0.2, 0) is 0 Å². The lowest BCUT2D eigenvalue weighted by atomic mass is 10.2. The molecule has 3 rings (SSSR count). The molecule has 0 aliphatic carbocycles. The van der Waals surface area contributed by atoms with Crippen molar-refractivity contribution in [3.8, 4) is 17.2 Å². The summed E-state index contributed by atoms with van der Waals surface area (Å²) >= 11 is 0. The molecule has 0 aliphatic rings. The molecule has 0 bridgehead atoms. The highest BCUT2D eigenvalue weighted by Gasteiger charge is 2.06. The molecule has 0 spiro atoms. The molecule has 0 heterocycles. The third-order valence-corrected chi connectivity index (χ3v) is 4.07. The van der Waals surface area contributed by atoms with E-state index in [0.29, 0.717) is 23.7 Å². The van der Waals surface area contributed by atoms with Crippen molar-refractivity contribution in [2.45, 2.75) is 0 Å². The molecule has 0 fully saturated rings. The second-order valence-electron chi connectivity index (χ2n) is 5.90. The molecule has 0 aliphatic heterocycles. The molecule has 144 valence electrons. The lowest BCUT2D eigenvalue weighted by Crippen LogP contribution is -2.12. The highest BCUT2D eigenvalue weighted by Crippen LogP contribution is 2.18. The van der Waals surface area contributed by atoms with Crippen LogP contribution >= 0.6 is 0 Å². The van der Waals surface area contributed by atoms with Crippen LogP contribution in [0.4, 0.5) is 11.4 Å². The van der Waals surface area contributed by atoms with Crippen LogP contribution in [0, 0.1) is 0 Å². The van der Waals surface area contributed by atoms with Crippen LogP contribution in [0.5, 0.6) is 17.2 Å². The van der Waals surface area contributed by atoms with Gasteiger partial charge in [0.25, 0.3) is 5.91 Å². The summed E-state index contributed by atoms with van der Waals surface area (Å²) in [6.45, 7) is 0.309. The Hall–Kier alpha value is -3.67. The van der Waals surface area contributed by atoms with Gasteiger partial charge >= 0.3 is 0 Å². The van der Waals surface area contributed by atoms with Crippen molar-refractivity contribution in [3.63, 3.8) is 0 Å². The second-order valence-corrected chi connectivity index (χ2v) is 5.90. The van der Waals surface area contributed by atoms with E-state index in [2.05, 4.69) is 10.6 Å². The number of carbonyl (C=O) groups is 1. The van der Waals surface area contributed by atoms with Crippen molar-refractivity contribution in [2.75, 3.05) is 31.6 Å². The largest absolute Gasteiger partial charge is 0.497 e. The van der Waals surface area contributed by atoms with Crippen LogP contribution in [0.25, 0.3) is 0 Å². The second kappa shape index (κ2) is 9.32. The fraction of sp³-hybridized carbons (Fsp3) is 0.136. The summed E-state index contributed by atoms with van der Waals surface area (Å²) in [7, 11) is 3.23. The van der Waals surface area contributed by atoms with E-state index < -0.39 is 0 Å². The van der Waals surface area contributed by atoms with Gasteiger partial charge in [-0.25, -0.2) is 0 Å². The molecule has 0 unspecified atom stereocenters. The zero-order valence-corrected chi connectivity index (χ0v) is 15.8. The molecule has 3 aromatic rings. The van der Waals surface area contributed by atoms with Crippen LogP contribution < -0.4 is 24.8 Å². The Bertz CT molecular complexity index is 891. The van der Waals surface area contributed by atoms with Crippen LogP contribution in [-0.4, -0.2) is 26.9 Å². The summed E-state index contributed by atoms with van der Waals surface area (Å²) in [6.07, 6.45) is 0. The van der Waals surface area contributed by atoms with Gasteiger partial charge in [0.1, 0.15) is 17.2 Å². The van der Waals surface area contributed by atoms with Crippen molar-refractivity contribution in [1.29, 1.82) is 0 Å². The van der Waals surface area contributed by atoms with Gasteiger partial charge in [-0.15, -0.1) is 0 Å². The Morgan fingerprint density at radius 1 is 0.714 bits per heavy atom. The monoisotopic (exact) mass is 378 g/mol. The summed E-state index contributed by atoms with van der Waals surface area (Å²) in [4.78, 5) is 12.3. The van der Waals surface area contributed by atoms with E-state index in [0.717, 1.165) is 17.2 Å². The van der Waals surface area contributed by atoms with Crippen LogP contribution in [0.3, 0.4) is 0 Å². The number of hydrogen-bond donors (Lipinski definition) is 2.